The van der Waals surface area contributed by atoms with Crippen LogP contribution in [0.5, 0.6) is 0 Å². The lowest BCUT2D eigenvalue weighted by Gasteiger charge is -1.99. The third-order valence-electron chi connectivity index (χ3n) is 2.88. The molecule has 0 atom stereocenters. The normalized spacial score (nSPS) is 10.9. The van der Waals surface area contributed by atoms with Gasteiger partial charge >= 0.3 is 5.97 Å². The highest BCUT2D eigenvalue weighted by Crippen LogP contribution is 2.28. The number of carboxylic acids is 1. The van der Waals surface area contributed by atoms with E-state index in [-0.39, 0.29) is 5.56 Å². The molecule has 0 amide bonds. The van der Waals surface area contributed by atoms with Crippen molar-refractivity contribution >= 4 is 48.9 Å². The third-order valence-corrected chi connectivity index (χ3v) is 3.79. The van der Waals surface area contributed by atoms with Crippen LogP contribution >= 0.6 is 31.9 Å². The minimum atomic E-state index is -0.982. The van der Waals surface area contributed by atoms with E-state index < -0.39 is 5.97 Å². The van der Waals surface area contributed by atoms with Crippen molar-refractivity contribution in [2.75, 3.05) is 0 Å². The summed E-state index contributed by atoms with van der Waals surface area (Å²) in [7, 11) is 0. The Balaban J connectivity index is 2.23. The Hall–Kier alpha value is -1.66. The van der Waals surface area contributed by atoms with E-state index in [2.05, 4.69) is 41.8 Å². The molecule has 0 unspecified atom stereocenters. The predicted octanol–water partition coefficient (Wildman–Crippen LogP) is 4.45. The van der Waals surface area contributed by atoms with E-state index in [0.717, 1.165) is 14.5 Å². The number of aromatic nitrogens is 2. The van der Waals surface area contributed by atoms with Gasteiger partial charge in [0.25, 0.3) is 0 Å². The predicted molar refractivity (Wildman–Crippen MR) is 83.9 cm³/mol. The number of imidazole rings is 1. The lowest BCUT2D eigenvalue weighted by Crippen LogP contribution is -1.96. The van der Waals surface area contributed by atoms with Crippen LogP contribution in [0, 0.1) is 0 Å². The van der Waals surface area contributed by atoms with Crippen molar-refractivity contribution in [1.82, 2.24) is 9.97 Å². The van der Waals surface area contributed by atoms with Crippen molar-refractivity contribution < 1.29 is 9.90 Å². The molecule has 0 aliphatic heterocycles. The molecular weight excluding hydrogens is 388 g/mol. The first kappa shape index (κ1) is 13.3. The molecule has 6 heteroatoms. The number of carbonyl (C=O) groups is 1. The van der Waals surface area contributed by atoms with Gasteiger partial charge in [0.1, 0.15) is 11.3 Å². The average molecular weight is 396 g/mol. The van der Waals surface area contributed by atoms with E-state index >= 15 is 0 Å². The maximum absolute atomic E-state index is 11.2. The van der Waals surface area contributed by atoms with E-state index in [1.54, 1.807) is 12.1 Å². The van der Waals surface area contributed by atoms with Gasteiger partial charge in [0.2, 0.25) is 0 Å². The highest BCUT2D eigenvalue weighted by Gasteiger charge is 2.13. The van der Waals surface area contributed by atoms with Crippen LogP contribution < -0.4 is 0 Å². The molecule has 0 fully saturated rings. The highest BCUT2D eigenvalue weighted by atomic mass is 79.9. The number of fused-ring (bicyclic) bond motifs is 1. The average Bonchev–Trinajstić information content (AvgIpc) is 2.80. The van der Waals surface area contributed by atoms with Crippen LogP contribution in [0.15, 0.2) is 45.3 Å². The second-order valence-electron chi connectivity index (χ2n) is 4.25. The number of para-hydroxylation sites is 1. The summed E-state index contributed by atoms with van der Waals surface area (Å²) in [4.78, 5) is 18.8. The molecule has 3 rings (SSSR count). The van der Waals surface area contributed by atoms with Crippen LogP contribution in [0.1, 0.15) is 10.4 Å². The van der Waals surface area contributed by atoms with E-state index in [9.17, 15) is 9.90 Å². The van der Waals surface area contributed by atoms with Crippen LogP contribution in [0.25, 0.3) is 22.4 Å². The number of hydrogen-bond acceptors (Lipinski definition) is 2. The SMILES string of the molecule is O=C(O)c1cccc2[nH]c(-c3cc(Br)cc(Br)c3)nc12. The number of H-pyrrole nitrogens is 1. The fraction of sp³-hybridized carbons (Fsp3) is 0. The number of carboxylic acid groups (broad SMARTS) is 1. The minimum absolute atomic E-state index is 0.194. The molecule has 20 heavy (non-hydrogen) atoms. The number of halogens is 2. The van der Waals surface area contributed by atoms with Crippen LogP contribution in [0.4, 0.5) is 0 Å². The lowest BCUT2D eigenvalue weighted by atomic mass is 10.2. The summed E-state index contributed by atoms with van der Waals surface area (Å²) in [6.07, 6.45) is 0. The van der Waals surface area contributed by atoms with Gasteiger partial charge in [0, 0.05) is 14.5 Å². The molecule has 3 aromatic rings. The Morgan fingerprint density at radius 2 is 1.85 bits per heavy atom. The summed E-state index contributed by atoms with van der Waals surface area (Å²) in [5.41, 5.74) is 2.24. The van der Waals surface area contributed by atoms with Crippen LogP contribution in [0.3, 0.4) is 0 Å². The number of aromatic amines is 1. The number of rotatable bonds is 2. The molecule has 4 nitrogen and oxygen atoms in total. The Kier molecular flexibility index (Phi) is 3.35. The number of hydrogen-bond donors (Lipinski definition) is 2. The van der Waals surface area contributed by atoms with Gasteiger partial charge in [-0.05, 0) is 30.3 Å². The third kappa shape index (κ3) is 2.36. The number of aromatic carboxylic acids is 1. The van der Waals surface area contributed by atoms with Gasteiger partial charge < -0.3 is 10.1 Å². The summed E-state index contributed by atoms with van der Waals surface area (Å²) < 4.78 is 1.83. The number of nitrogens with one attached hydrogen (secondary N) is 1. The highest BCUT2D eigenvalue weighted by molar-refractivity contribution is 9.11. The topological polar surface area (TPSA) is 66.0 Å². The van der Waals surface area contributed by atoms with Crippen LogP contribution in [-0.2, 0) is 0 Å². The van der Waals surface area contributed by atoms with Crippen molar-refractivity contribution in [1.29, 1.82) is 0 Å². The van der Waals surface area contributed by atoms with Crippen LogP contribution in [0.2, 0.25) is 0 Å². The summed E-state index contributed by atoms with van der Waals surface area (Å²) >= 11 is 6.85. The molecule has 0 radical (unpaired) electrons. The Labute approximate surface area is 131 Å². The Morgan fingerprint density at radius 3 is 2.50 bits per heavy atom. The largest absolute Gasteiger partial charge is 0.478 e. The number of benzene rings is 2. The van der Waals surface area contributed by atoms with Gasteiger partial charge in [-0.2, -0.15) is 0 Å². The van der Waals surface area contributed by atoms with Crippen molar-refractivity contribution in [3.8, 4) is 11.4 Å². The first-order chi connectivity index (χ1) is 9.54. The summed E-state index contributed by atoms with van der Waals surface area (Å²) in [6.45, 7) is 0. The van der Waals surface area contributed by atoms with Gasteiger partial charge in [-0.25, -0.2) is 9.78 Å². The Bertz CT molecular complexity index is 807. The zero-order chi connectivity index (χ0) is 14.3. The maximum Gasteiger partial charge on any atom is 0.337 e. The summed E-state index contributed by atoms with van der Waals surface area (Å²) in [6, 6.07) is 10.8. The molecule has 1 heterocycles. The molecule has 0 saturated carbocycles. The first-order valence-corrected chi connectivity index (χ1v) is 7.31. The van der Waals surface area contributed by atoms with Gasteiger partial charge in [-0.1, -0.05) is 37.9 Å². The van der Waals surface area contributed by atoms with E-state index in [4.69, 9.17) is 0 Å². The van der Waals surface area contributed by atoms with Gasteiger partial charge in [-0.3, -0.25) is 0 Å². The van der Waals surface area contributed by atoms with Crippen molar-refractivity contribution in [3.63, 3.8) is 0 Å². The molecule has 0 saturated heterocycles. The van der Waals surface area contributed by atoms with Gasteiger partial charge in [-0.15, -0.1) is 0 Å². The van der Waals surface area contributed by atoms with E-state index in [1.807, 2.05) is 24.3 Å². The van der Waals surface area contributed by atoms with Crippen molar-refractivity contribution in [2.24, 2.45) is 0 Å². The fourth-order valence-electron chi connectivity index (χ4n) is 2.03. The monoisotopic (exact) mass is 394 g/mol. The number of nitrogens with zero attached hydrogens (tertiary/aromatic N) is 1. The minimum Gasteiger partial charge on any atom is -0.478 e. The van der Waals surface area contributed by atoms with E-state index in [1.165, 1.54) is 0 Å². The molecule has 0 bridgehead atoms. The van der Waals surface area contributed by atoms with Gasteiger partial charge in [0.05, 0.1) is 11.1 Å². The van der Waals surface area contributed by atoms with Crippen molar-refractivity contribution in [3.05, 3.63) is 50.9 Å². The Morgan fingerprint density at radius 1 is 1.15 bits per heavy atom. The smallest absolute Gasteiger partial charge is 0.337 e. The standard InChI is InChI=1S/C14H8Br2N2O2/c15-8-4-7(5-9(16)6-8)13-17-11-3-1-2-10(14(19)20)12(11)18-13/h1-6H,(H,17,18)(H,19,20). The zero-order valence-electron chi connectivity index (χ0n) is 10.0. The van der Waals surface area contributed by atoms with Crippen LogP contribution in [-0.4, -0.2) is 21.0 Å². The second kappa shape index (κ2) is 5.03. The van der Waals surface area contributed by atoms with Crippen molar-refractivity contribution in [2.45, 2.75) is 0 Å². The quantitative estimate of drug-likeness (QED) is 0.673. The van der Waals surface area contributed by atoms with E-state index in [0.29, 0.717) is 16.9 Å². The second-order valence-corrected chi connectivity index (χ2v) is 6.08. The fourth-order valence-corrected chi connectivity index (χ4v) is 3.33. The first-order valence-electron chi connectivity index (χ1n) is 5.73. The molecule has 100 valence electrons. The summed E-state index contributed by atoms with van der Waals surface area (Å²) in [5.74, 6) is -0.347. The summed E-state index contributed by atoms with van der Waals surface area (Å²) in [5, 5.41) is 9.18. The maximum atomic E-state index is 11.2. The lowest BCUT2D eigenvalue weighted by molar-refractivity contribution is 0.0699. The van der Waals surface area contributed by atoms with Gasteiger partial charge in [0.15, 0.2) is 0 Å². The molecular formula is C14H8Br2N2O2. The molecule has 0 spiro atoms. The zero-order valence-corrected chi connectivity index (χ0v) is 13.2. The molecule has 0 aliphatic rings. The molecule has 0 aliphatic carbocycles. The molecule has 2 N–H and O–H groups in total. The molecule has 1 aromatic heterocycles. The molecule has 2 aromatic carbocycles.